The van der Waals surface area contributed by atoms with Gasteiger partial charge in [-0.1, -0.05) is 30.3 Å². The maximum atomic E-state index is 11.4. The molecule has 0 saturated heterocycles. The summed E-state index contributed by atoms with van der Waals surface area (Å²) in [7, 11) is 0. The van der Waals surface area contributed by atoms with E-state index in [1.165, 1.54) is 0 Å². The fourth-order valence-electron chi connectivity index (χ4n) is 1.69. The molecule has 4 heteroatoms. The number of carbonyl (C=O) groups excluding carboxylic acids is 1. The molecule has 1 amide bonds. The molecule has 0 aliphatic heterocycles. The standard InChI is InChI=1S/C15H24N2O2/c1-15(2,3)19-14(18)17-11-7-10-13(16)12-8-5-4-6-9-12/h4-6,8-9,13H,7,10-11,16H2,1-3H3,(H,17,18)/t13-/m1/s1. The third-order valence-electron chi connectivity index (χ3n) is 2.59. The highest BCUT2D eigenvalue weighted by Gasteiger charge is 2.15. The number of carbonyl (C=O) groups is 1. The minimum atomic E-state index is -0.454. The van der Waals surface area contributed by atoms with E-state index in [1.54, 1.807) is 0 Å². The molecule has 1 rings (SSSR count). The second-order valence-electron chi connectivity index (χ2n) is 5.59. The molecule has 19 heavy (non-hydrogen) atoms. The summed E-state index contributed by atoms with van der Waals surface area (Å²) >= 11 is 0. The Morgan fingerprint density at radius 3 is 2.53 bits per heavy atom. The van der Waals surface area contributed by atoms with Crippen LogP contribution in [0.3, 0.4) is 0 Å². The summed E-state index contributed by atoms with van der Waals surface area (Å²) in [4.78, 5) is 11.4. The van der Waals surface area contributed by atoms with Gasteiger partial charge < -0.3 is 15.8 Å². The van der Waals surface area contributed by atoms with Gasteiger partial charge >= 0.3 is 6.09 Å². The number of amides is 1. The van der Waals surface area contributed by atoms with Crippen LogP contribution < -0.4 is 11.1 Å². The molecule has 1 atom stereocenters. The van der Waals surface area contributed by atoms with Crippen LogP contribution in [0.25, 0.3) is 0 Å². The second-order valence-corrected chi connectivity index (χ2v) is 5.59. The van der Waals surface area contributed by atoms with Crippen LogP contribution in [0.1, 0.15) is 45.2 Å². The zero-order valence-corrected chi connectivity index (χ0v) is 12.0. The molecule has 0 heterocycles. The van der Waals surface area contributed by atoms with Crippen molar-refractivity contribution in [3.8, 4) is 0 Å². The first-order valence-electron chi connectivity index (χ1n) is 6.66. The molecule has 0 aliphatic rings. The van der Waals surface area contributed by atoms with Crippen LogP contribution in [0.5, 0.6) is 0 Å². The number of nitrogens with one attached hydrogen (secondary N) is 1. The Hall–Kier alpha value is -1.55. The van der Waals surface area contributed by atoms with Crippen LogP contribution in [0.15, 0.2) is 30.3 Å². The van der Waals surface area contributed by atoms with E-state index in [-0.39, 0.29) is 12.1 Å². The monoisotopic (exact) mass is 264 g/mol. The number of nitrogens with two attached hydrogens (primary N) is 1. The number of alkyl carbamates (subject to hydrolysis) is 1. The van der Waals surface area contributed by atoms with Gasteiger partial charge in [0.15, 0.2) is 0 Å². The summed E-state index contributed by atoms with van der Waals surface area (Å²) in [5.41, 5.74) is 6.74. The summed E-state index contributed by atoms with van der Waals surface area (Å²) in [5.74, 6) is 0. The molecule has 0 fully saturated rings. The summed E-state index contributed by atoms with van der Waals surface area (Å²) in [6.07, 6.45) is 1.29. The van der Waals surface area contributed by atoms with Gasteiger partial charge in [-0.05, 0) is 39.2 Å². The number of hydrogen-bond acceptors (Lipinski definition) is 3. The molecule has 0 saturated carbocycles. The Kier molecular flexibility index (Phi) is 5.83. The van der Waals surface area contributed by atoms with E-state index in [4.69, 9.17) is 10.5 Å². The van der Waals surface area contributed by atoms with E-state index in [1.807, 2.05) is 51.1 Å². The van der Waals surface area contributed by atoms with Gasteiger partial charge in [-0.15, -0.1) is 0 Å². The van der Waals surface area contributed by atoms with Gasteiger partial charge in [-0.3, -0.25) is 0 Å². The number of benzene rings is 1. The van der Waals surface area contributed by atoms with Crippen LogP contribution >= 0.6 is 0 Å². The van der Waals surface area contributed by atoms with Crippen molar-refractivity contribution in [2.24, 2.45) is 5.73 Å². The highest BCUT2D eigenvalue weighted by Crippen LogP contribution is 2.14. The van der Waals surface area contributed by atoms with E-state index in [9.17, 15) is 4.79 Å². The van der Waals surface area contributed by atoms with Crippen LogP contribution in [0, 0.1) is 0 Å². The lowest BCUT2D eigenvalue weighted by molar-refractivity contribution is 0.0526. The third-order valence-corrected chi connectivity index (χ3v) is 2.59. The number of rotatable bonds is 5. The molecule has 0 spiro atoms. The van der Waals surface area contributed by atoms with Crippen molar-refractivity contribution in [1.29, 1.82) is 0 Å². The summed E-state index contributed by atoms with van der Waals surface area (Å²) in [6.45, 7) is 6.11. The summed E-state index contributed by atoms with van der Waals surface area (Å²) in [5, 5.41) is 2.73. The Balaban J connectivity index is 2.19. The zero-order valence-electron chi connectivity index (χ0n) is 12.0. The molecule has 4 nitrogen and oxygen atoms in total. The smallest absolute Gasteiger partial charge is 0.407 e. The fourth-order valence-corrected chi connectivity index (χ4v) is 1.69. The van der Waals surface area contributed by atoms with E-state index in [2.05, 4.69) is 5.32 Å². The summed E-state index contributed by atoms with van der Waals surface area (Å²) in [6, 6.07) is 9.99. The van der Waals surface area contributed by atoms with Gasteiger partial charge in [-0.2, -0.15) is 0 Å². The molecule has 106 valence electrons. The molecule has 0 aliphatic carbocycles. The van der Waals surface area contributed by atoms with E-state index in [0.29, 0.717) is 6.54 Å². The summed E-state index contributed by atoms with van der Waals surface area (Å²) < 4.78 is 5.15. The predicted molar refractivity (Wildman–Crippen MR) is 76.8 cm³/mol. The van der Waals surface area contributed by atoms with Crippen molar-refractivity contribution in [2.45, 2.75) is 45.3 Å². The van der Waals surface area contributed by atoms with Crippen LogP contribution in [0.2, 0.25) is 0 Å². The maximum absolute atomic E-state index is 11.4. The molecule has 3 N–H and O–H groups in total. The van der Waals surface area contributed by atoms with Crippen molar-refractivity contribution in [1.82, 2.24) is 5.32 Å². The first-order valence-corrected chi connectivity index (χ1v) is 6.66. The normalized spacial score (nSPS) is 12.8. The molecule has 0 bridgehead atoms. The number of ether oxygens (including phenoxy) is 1. The second kappa shape index (κ2) is 7.14. The molecular formula is C15H24N2O2. The molecule has 1 aromatic rings. The largest absolute Gasteiger partial charge is 0.444 e. The van der Waals surface area contributed by atoms with Gasteiger partial charge in [0.1, 0.15) is 5.60 Å². The Morgan fingerprint density at radius 1 is 1.32 bits per heavy atom. The SMILES string of the molecule is CC(C)(C)OC(=O)NCCC[C@@H](N)c1ccccc1. The molecule has 0 radical (unpaired) electrons. The van der Waals surface area contributed by atoms with E-state index < -0.39 is 5.60 Å². The Bertz CT molecular complexity index is 385. The maximum Gasteiger partial charge on any atom is 0.407 e. The fraction of sp³-hybridized carbons (Fsp3) is 0.533. The van der Waals surface area contributed by atoms with Gasteiger partial charge in [0, 0.05) is 12.6 Å². The van der Waals surface area contributed by atoms with Gasteiger partial charge in [0.25, 0.3) is 0 Å². The minimum absolute atomic E-state index is 0.0154. The molecule has 1 aromatic carbocycles. The van der Waals surface area contributed by atoms with Crippen molar-refractivity contribution in [3.05, 3.63) is 35.9 Å². The van der Waals surface area contributed by atoms with Gasteiger partial charge in [-0.25, -0.2) is 4.79 Å². The van der Waals surface area contributed by atoms with Crippen LogP contribution in [-0.4, -0.2) is 18.2 Å². The van der Waals surface area contributed by atoms with E-state index in [0.717, 1.165) is 18.4 Å². The lowest BCUT2D eigenvalue weighted by Crippen LogP contribution is -2.33. The Morgan fingerprint density at radius 2 is 1.95 bits per heavy atom. The van der Waals surface area contributed by atoms with Crippen molar-refractivity contribution in [3.63, 3.8) is 0 Å². The first-order chi connectivity index (χ1) is 8.88. The van der Waals surface area contributed by atoms with Crippen LogP contribution in [-0.2, 0) is 4.74 Å². The molecule has 0 unspecified atom stereocenters. The van der Waals surface area contributed by atoms with Crippen molar-refractivity contribution in [2.75, 3.05) is 6.54 Å². The van der Waals surface area contributed by atoms with Gasteiger partial charge in [0.2, 0.25) is 0 Å². The van der Waals surface area contributed by atoms with Gasteiger partial charge in [0.05, 0.1) is 0 Å². The quantitative estimate of drug-likeness (QED) is 0.803. The Labute approximate surface area is 115 Å². The predicted octanol–water partition coefficient (Wildman–Crippen LogP) is 2.99. The lowest BCUT2D eigenvalue weighted by Gasteiger charge is -2.19. The highest BCUT2D eigenvalue weighted by molar-refractivity contribution is 5.67. The third kappa shape index (κ3) is 6.82. The average molecular weight is 264 g/mol. The topological polar surface area (TPSA) is 64.3 Å². The van der Waals surface area contributed by atoms with Crippen molar-refractivity contribution >= 4 is 6.09 Å². The minimum Gasteiger partial charge on any atom is -0.444 e. The lowest BCUT2D eigenvalue weighted by atomic mass is 10.0. The number of hydrogen-bond donors (Lipinski definition) is 2. The highest BCUT2D eigenvalue weighted by atomic mass is 16.6. The zero-order chi connectivity index (χ0) is 14.3. The molecular weight excluding hydrogens is 240 g/mol. The van der Waals surface area contributed by atoms with E-state index >= 15 is 0 Å². The average Bonchev–Trinajstić information content (AvgIpc) is 2.33. The first kappa shape index (κ1) is 15.5. The molecule has 0 aromatic heterocycles. The van der Waals surface area contributed by atoms with Crippen molar-refractivity contribution < 1.29 is 9.53 Å². The van der Waals surface area contributed by atoms with Crippen LogP contribution in [0.4, 0.5) is 4.79 Å².